The van der Waals surface area contributed by atoms with Crippen LogP contribution >= 0.6 is 15.9 Å². The van der Waals surface area contributed by atoms with Crippen LogP contribution in [0.4, 0.5) is 0 Å². The Balaban J connectivity index is 1.80. The molecule has 0 aliphatic heterocycles. The molecule has 0 fully saturated rings. The van der Waals surface area contributed by atoms with Gasteiger partial charge in [0, 0.05) is 7.05 Å². The standard InChI is InChI=1S/C9H11BrN4O/c1-14-6-12-9(13-14)5-11-4-7-2-3-8(10)15-7/h2-3,6,11H,4-5H2,1H3. The van der Waals surface area contributed by atoms with Crippen LogP contribution in [0.25, 0.3) is 0 Å². The Bertz CT molecular complexity index is 397. The lowest BCUT2D eigenvalue weighted by atomic mass is 10.4. The summed E-state index contributed by atoms with van der Waals surface area (Å²) in [6.45, 7) is 1.31. The van der Waals surface area contributed by atoms with E-state index in [2.05, 4.69) is 31.3 Å². The maximum atomic E-state index is 5.33. The number of rotatable bonds is 4. The smallest absolute Gasteiger partial charge is 0.169 e. The molecule has 0 spiro atoms. The Morgan fingerprint density at radius 1 is 1.47 bits per heavy atom. The van der Waals surface area contributed by atoms with Gasteiger partial charge >= 0.3 is 0 Å². The first-order valence-corrected chi connectivity index (χ1v) is 5.33. The molecule has 0 saturated heterocycles. The van der Waals surface area contributed by atoms with Crippen molar-refractivity contribution in [2.24, 2.45) is 7.05 Å². The Morgan fingerprint density at radius 3 is 2.93 bits per heavy atom. The van der Waals surface area contributed by atoms with Crippen LogP contribution in [0.5, 0.6) is 0 Å². The van der Waals surface area contributed by atoms with Crippen LogP contribution in [-0.2, 0) is 20.1 Å². The number of furan rings is 1. The van der Waals surface area contributed by atoms with E-state index in [1.807, 2.05) is 19.2 Å². The van der Waals surface area contributed by atoms with Gasteiger partial charge in [0.15, 0.2) is 10.5 Å². The van der Waals surface area contributed by atoms with Crippen molar-refractivity contribution < 1.29 is 4.42 Å². The largest absolute Gasteiger partial charge is 0.453 e. The van der Waals surface area contributed by atoms with Crippen molar-refractivity contribution >= 4 is 15.9 Å². The van der Waals surface area contributed by atoms with Crippen LogP contribution in [0.15, 0.2) is 27.5 Å². The summed E-state index contributed by atoms with van der Waals surface area (Å²) in [7, 11) is 1.85. The fraction of sp³-hybridized carbons (Fsp3) is 0.333. The molecule has 1 N–H and O–H groups in total. The maximum absolute atomic E-state index is 5.33. The molecule has 2 rings (SSSR count). The first kappa shape index (κ1) is 10.4. The highest BCUT2D eigenvalue weighted by atomic mass is 79.9. The minimum atomic E-state index is 0.638. The Kier molecular flexibility index (Phi) is 3.17. The molecular weight excluding hydrogens is 260 g/mol. The number of hydrogen-bond acceptors (Lipinski definition) is 4. The van der Waals surface area contributed by atoms with E-state index in [1.54, 1.807) is 11.0 Å². The van der Waals surface area contributed by atoms with Gasteiger partial charge in [-0.2, -0.15) is 5.10 Å². The van der Waals surface area contributed by atoms with Gasteiger partial charge < -0.3 is 9.73 Å². The van der Waals surface area contributed by atoms with Gasteiger partial charge in [-0.15, -0.1) is 0 Å². The Hall–Kier alpha value is -1.14. The van der Waals surface area contributed by atoms with Gasteiger partial charge in [0.1, 0.15) is 12.1 Å². The second-order valence-corrected chi connectivity index (χ2v) is 3.93. The molecule has 0 radical (unpaired) electrons. The summed E-state index contributed by atoms with van der Waals surface area (Å²) in [5, 5.41) is 7.34. The molecule has 2 aromatic heterocycles. The fourth-order valence-corrected chi connectivity index (χ4v) is 1.55. The number of hydrogen-bond donors (Lipinski definition) is 1. The van der Waals surface area contributed by atoms with Crippen molar-refractivity contribution in [3.05, 3.63) is 34.7 Å². The second kappa shape index (κ2) is 4.59. The summed E-state index contributed by atoms with van der Waals surface area (Å²) >= 11 is 3.25. The van der Waals surface area contributed by atoms with E-state index in [0.29, 0.717) is 13.1 Å². The molecule has 0 aromatic carbocycles. The summed E-state index contributed by atoms with van der Waals surface area (Å²) in [6, 6.07) is 3.79. The predicted molar refractivity (Wildman–Crippen MR) is 58.0 cm³/mol. The minimum Gasteiger partial charge on any atom is -0.453 e. The number of nitrogens with zero attached hydrogens (tertiary/aromatic N) is 3. The number of halogens is 1. The summed E-state index contributed by atoms with van der Waals surface area (Å²) in [5.74, 6) is 1.67. The average molecular weight is 271 g/mol. The molecule has 0 unspecified atom stereocenters. The molecule has 0 amide bonds. The summed E-state index contributed by atoms with van der Waals surface area (Å²) < 4.78 is 7.76. The number of aromatic nitrogens is 3. The topological polar surface area (TPSA) is 55.9 Å². The van der Waals surface area contributed by atoms with Gasteiger partial charge in [-0.05, 0) is 28.1 Å². The van der Waals surface area contributed by atoms with Gasteiger partial charge in [0.05, 0.1) is 13.1 Å². The molecule has 80 valence electrons. The third kappa shape index (κ3) is 2.90. The number of aryl methyl sites for hydroxylation is 1. The van der Waals surface area contributed by atoms with E-state index in [1.165, 1.54) is 0 Å². The molecule has 0 aliphatic carbocycles. The SMILES string of the molecule is Cn1cnc(CNCc2ccc(Br)o2)n1. The van der Waals surface area contributed by atoms with Gasteiger partial charge in [-0.1, -0.05) is 0 Å². The van der Waals surface area contributed by atoms with E-state index in [4.69, 9.17) is 4.42 Å². The Labute approximate surface area is 95.6 Å². The fourth-order valence-electron chi connectivity index (χ4n) is 1.21. The first-order chi connectivity index (χ1) is 7.24. The molecule has 15 heavy (non-hydrogen) atoms. The van der Waals surface area contributed by atoms with Crippen LogP contribution in [0.3, 0.4) is 0 Å². The first-order valence-electron chi connectivity index (χ1n) is 4.53. The van der Waals surface area contributed by atoms with Crippen molar-refractivity contribution in [3.8, 4) is 0 Å². The summed E-state index contributed by atoms with van der Waals surface area (Å²) in [5.41, 5.74) is 0. The van der Waals surface area contributed by atoms with E-state index >= 15 is 0 Å². The van der Waals surface area contributed by atoms with E-state index in [-0.39, 0.29) is 0 Å². The summed E-state index contributed by atoms with van der Waals surface area (Å²) in [6.07, 6.45) is 1.68. The molecule has 2 heterocycles. The van der Waals surface area contributed by atoms with Gasteiger partial charge in [-0.25, -0.2) is 4.98 Å². The lowest BCUT2D eigenvalue weighted by Gasteiger charge is -1.98. The molecule has 2 aromatic rings. The summed E-state index contributed by atoms with van der Waals surface area (Å²) in [4.78, 5) is 4.10. The van der Waals surface area contributed by atoms with Gasteiger partial charge in [-0.3, -0.25) is 4.68 Å². The quantitative estimate of drug-likeness (QED) is 0.914. The zero-order valence-electron chi connectivity index (χ0n) is 8.27. The van der Waals surface area contributed by atoms with Crippen molar-refractivity contribution in [3.63, 3.8) is 0 Å². The van der Waals surface area contributed by atoms with Crippen LogP contribution in [0.2, 0.25) is 0 Å². The Morgan fingerprint density at radius 2 is 2.33 bits per heavy atom. The highest BCUT2D eigenvalue weighted by Gasteiger charge is 2.01. The molecule has 0 aliphatic rings. The second-order valence-electron chi connectivity index (χ2n) is 3.14. The highest BCUT2D eigenvalue weighted by molar-refractivity contribution is 9.10. The molecule has 6 heteroatoms. The zero-order chi connectivity index (χ0) is 10.7. The molecule has 0 saturated carbocycles. The maximum Gasteiger partial charge on any atom is 0.169 e. The third-order valence-electron chi connectivity index (χ3n) is 1.86. The van der Waals surface area contributed by atoms with Gasteiger partial charge in [0.2, 0.25) is 0 Å². The normalized spacial score (nSPS) is 10.8. The highest BCUT2D eigenvalue weighted by Crippen LogP contribution is 2.13. The predicted octanol–water partition coefficient (Wildman–Crippen LogP) is 1.46. The molecule has 0 bridgehead atoms. The van der Waals surface area contributed by atoms with Crippen molar-refractivity contribution in [1.82, 2.24) is 20.1 Å². The molecule has 5 nitrogen and oxygen atoms in total. The molecular formula is C9H11BrN4O. The lowest BCUT2D eigenvalue weighted by Crippen LogP contribution is -2.13. The minimum absolute atomic E-state index is 0.638. The van der Waals surface area contributed by atoms with E-state index < -0.39 is 0 Å². The van der Waals surface area contributed by atoms with Crippen LogP contribution in [0, 0.1) is 0 Å². The zero-order valence-corrected chi connectivity index (χ0v) is 9.86. The molecule has 0 atom stereocenters. The lowest BCUT2D eigenvalue weighted by molar-refractivity contribution is 0.463. The van der Waals surface area contributed by atoms with E-state index in [0.717, 1.165) is 16.3 Å². The van der Waals surface area contributed by atoms with E-state index in [9.17, 15) is 0 Å². The van der Waals surface area contributed by atoms with Crippen molar-refractivity contribution in [2.45, 2.75) is 13.1 Å². The third-order valence-corrected chi connectivity index (χ3v) is 2.28. The van der Waals surface area contributed by atoms with Crippen LogP contribution in [0.1, 0.15) is 11.6 Å². The van der Waals surface area contributed by atoms with Crippen LogP contribution < -0.4 is 5.32 Å². The van der Waals surface area contributed by atoms with Crippen molar-refractivity contribution in [1.29, 1.82) is 0 Å². The van der Waals surface area contributed by atoms with Crippen molar-refractivity contribution in [2.75, 3.05) is 0 Å². The average Bonchev–Trinajstić information content (AvgIpc) is 2.76. The van der Waals surface area contributed by atoms with Crippen LogP contribution in [-0.4, -0.2) is 14.8 Å². The van der Waals surface area contributed by atoms with Gasteiger partial charge in [0.25, 0.3) is 0 Å². The number of nitrogens with one attached hydrogen (secondary N) is 1. The monoisotopic (exact) mass is 270 g/mol.